The maximum Gasteiger partial charge on any atom is 0.416 e. The predicted molar refractivity (Wildman–Crippen MR) is 154 cm³/mol. The zero-order chi connectivity index (χ0) is 29.5. The fraction of sp³-hybridized carbons (Fsp3) is 0.567. The number of para-hydroxylation sites is 1. The van der Waals surface area contributed by atoms with Crippen LogP contribution in [0.5, 0.6) is 0 Å². The van der Waals surface area contributed by atoms with E-state index in [4.69, 9.17) is 9.84 Å². The van der Waals surface area contributed by atoms with Crippen molar-refractivity contribution in [2.24, 2.45) is 5.92 Å². The summed E-state index contributed by atoms with van der Waals surface area (Å²) < 4.78 is 45.8. The molecule has 0 aromatic heterocycles. The molecule has 4 rings (SSSR count). The molecule has 0 unspecified atom stereocenters. The fourth-order valence-corrected chi connectivity index (χ4v) is 5.55. The Bertz CT molecular complexity index is 1120. The molecule has 6 nitrogen and oxygen atoms in total. The third kappa shape index (κ3) is 9.04. The van der Waals surface area contributed by atoms with Crippen LogP contribution in [0.3, 0.4) is 0 Å². The van der Waals surface area contributed by atoms with E-state index in [1.807, 2.05) is 29.2 Å². The van der Waals surface area contributed by atoms with Crippen molar-refractivity contribution in [1.29, 1.82) is 0 Å². The van der Waals surface area contributed by atoms with E-state index >= 15 is 0 Å². The van der Waals surface area contributed by atoms with Crippen LogP contribution in [0.1, 0.15) is 53.0 Å². The standard InChI is InChI=1S/C26H32F3N3O3S.C4H10/c1-25(2,10-17-33)35-24(34)31-15-13-30(14-16-31)11-5-12-32-20-6-3-4-7-22(20)36-23-9-8-19(18-21(23)32)26(27,28)29;1-4(2)3/h3-4,6-9,18,33H,5,10-17H2,1-2H3;4H,1-3H3. The molecule has 222 valence electrons. The van der Waals surface area contributed by atoms with Crippen LogP contribution in [0, 0.1) is 5.92 Å². The van der Waals surface area contributed by atoms with Gasteiger partial charge in [0.15, 0.2) is 0 Å². The van der Waals surface area contributed by atoms with Gasteiger partial charge in [-0.15, -0.1) is 0 Å². The number of benzene rings is 2. The van der Waals surface area contributed by atoms with E-state index in [0.29, 0.717) is 44.8 Å². The smallest absolute Gasteiger partial charge is 0.416 e. The van der Waals surface area contributed by atoms with Crippen LogP contribution >= 0.6 is 11.8 Å². The highest BCUT2D eigenvalue weighted by atomic mass is 32.2. The predicted octanol–water partition coefficient (Wildman–Crippen LogP) is 7.28. The number of anilines is 2. The zero-order valence-electron chi connectivity index (χ0n) is 24.1. The molecule has 10 heteroatoms. The molecule has 2 aromatic carbocycles. The van der Waals surface area contributed by atoms with Gasteiger partial charge >= 0.3 is 12.3 Å². The number of hydrogen-bond donors (Lipinski definition) is 1. The molecule has 2 aliphatic rings. The maximum atomic E-state index is 13.4. The minimum absolute atomic E-state index is 0.0454. The number of fused-ring (bicyclic) bond motifs is 2. The molecule has 40 heavy (non-hydrogen) atoms. The summed E-state index contributed by atoms with van der Waals surface area (Å²) in [5.41, 5.74) is 0.157. The molecule has 0 aliphatic carbocycles. The van der Waals surface area contributed by atoms with Crippen LogP contribution in [0.25, 0.3) is 0 Å². The first-order chi connectivity index (χ1) is 18.8. The van der Waals surface area contributed by atoms with Gasteiger partial charge < -0.3 is 19.6 Å². The third-order valence-corrected chi connectivity index (χ3v) is 7.65. The molecule has 0 radical (unpaired) electrons. The highest BCUT2D eigenvalue weighted by Crippen LogP contribution is 2.49. The van der Waals surface area contributed by atoms with E-state index in [1.54, 1.807) is 24.8 Å². The second kappa shape index (κ2) is 14.0. The number of rotatable bonds is 7. The van der Waals surface area contributed by atoms with Crippen molar-refractivity contribution in [3.8, 4) is 0 Å². The molecular formula is C30H42F3N3O3S. The van der Waals surface area contributed by atoms with Crippen LogP contribution in [0.4, 0.5) is 29.3 Å². The number of carbonyl (C=O) groups excluding carboxylic acids is 1. The molecule has 0 bridgehead atoms. The first-order valence-electron chi connectivity index (χ1n) is 13.9. The summed E-state index contributed by atoms with van der Waals surface area (Å²) in [6, 6.07) is 11.8. The average molecular weight is 582 g/mol. The van der Waals surface area contributed by atoms with E-state index in [9.17, 15) is 18.0 Å². The largest absolute Gasteiger partial charge is 0.443 e. The number of amides is 1. The van der Waals surface area contributed by atoms with Crippen LogP contribution in [-0.4, -0.2) is 72.5 Å². The number of piperazine rings is 1. The molecule has 1 N–H and O–H groups in total. The monoisotopic (exact) mass is 581 g/mol. The van der Waals surface area contributed by atoms with Gasteiger partial charge in [0.1, 0.15) is 5.60 Å². The second-order valence-electron chi connectivity index (χ2n) is 11.4. The highest BCUT2D eigenvalue weighted by molar-refractivity contribution is 7.99. The van der Waals surface area contributed by atoms with Gasteiger partial charge in [0.05, 0.1) is 16.9 Å². The van der Waals surface area contributed by atoms with Gasteiger partial charge in [0.2, 0.25) is 0 Å². The Kier molecular flexibility index (Phi) is 11.2. The summed E-state index contributed by atoms with van der Waals surface area (Å²) in [6.45, 7) is 13.9. The summed E-state index contributed by atoms with van der Waals surface area (Å²) in [6.07, 6.45) is -3.61. The van der Waals surface area contributed by atoms with E-state index in [0.717, 1.165) is 40.4 Å². The average Bonchev–Trinajstić information content (AvgIpc) is 2.87. The van der Waals surface area contributed by atoms with E-state index in [-0.39, 0.29) is 12.7 Å². The van der Waals surface area contributed by atoms with Crippen LogP contribution in [-0.2, 0) is 10.9 Å². The summed E-state index contributed by atoms with van der Waals surface area (Å²) in [4.78, 5) is 20.2. The Morgan fingerprint density at radius 3 is 2.23 bits per heavy atom. The number of aliphatic hydroxyl groups excluding tert-OH is 1. The summed E-state index contributed by atoms with van der Waals surface area (Å²) in [7, 11) is 0. The van der Waals surface area contributed by atoms with Gasteiger partial charge in [-0.05, 0) is 63.1 Å². The highest BCUT2D eigenvalue weighted by Gasteiger charge is 2.33. The third-order valence-electron chi connectivity index (χ3n) is 6.52. The van der Waals surface area contributed by atoms with Crippen LogP contribution in [0.15, 0.2) is 52.3 Å². The van der Waals surface area contributed by atoms with Gasteiger partial charge in [-0.2, -0.15) is 13.2 Å². The topological polar surface area (TPSA) is 56.3 Å². The first-order valence-corrected chi connectivity index (χ1v) is 14.7. The van der Waals surface area contributed by atoms with Gasteiger partial charge in [-0.1, -0.05) is 44.7 Å². The lowest BCUT2D eigenvalue weighted by Crippen LogP contribution is -2.50. The van der Waals surface area contributed by atoms with Crippen molar-refractivity contribution in [2.75, 3.05) is 50.8 Å². The van der Waals surface area contributed by atoms with E-state index in [2.05, 4.69) is 25.7 Å². The quantitative estimate of drug-likeness (QED) is 0.371. The van der Waals surface area contributed by atoms with Crippen molar-refractivity contribution >= 4 is 29.2 Å². The van der Waals surface area contributed by atoms with Crippen molar-refractivity contribution < 1.29 is 27.8 Å². The molecule has 2 heterocycles. The summed E-state index contributed by atoms with van der Waals surface area (Å²) in [5, 5.41) is 9.13. The Labute approximate surface area is 240 Å². The van der Waals surface area contributed by atoms with Crippen molar-refractivity contribution in [3.63, 3.8) is 0 Å². The van der Waals surface area contributed by atoms with Crippen molar-refractivity contribution in [3.05, 3.63) is 48.0 Å². The number of alkyl halides is 3. The first kappa shape index (κ1) is 32.1. The Balaban J connectivity index is 0.00000103. The number of ether oxygens (including phenoxy) is 1. The maximum absolute atomic E-state index is 13.4. The van der Waals surface area contributed by atoms with Gasteiger partial charge in [0, 0.05) is 55.5 Å². The van der Waals surface area contributed by atoms with E-state index in [1.165, 1.54) is 17.8 Å². The number of halogens is 3. The molecular weight excluding hydrogens is 539 g/mol. The zero-order valence-corrected chi connectivity index (χ0v) is 24.9. The van der Waals surface area contributed by atoms with Crippen LogP contribution < -0.4 is 4.90 Å². The van der Waals surface area contributed by atoms with Crippen LogP contribution in [0.2, 0.25) is 0 Å². The minimum Gasteiger partial charge on any atom is -0.443 e. The minimum atomic E-state index is -4.39. The second-order valence-corrected chi connectivity index (χ2v) is 12.5. The normalized spacial score (nSPS) is 15.8. The Morgan fingerprint density at radius 2 is 1.60 bits per heavy atom. The molecule has 1 saturated heterocycles. The number of aliphatic hydroxyl groups is 1. The van der Waals surface area contributed by atoms with E-state index < -0.39 is 17.3 Å². The lowest BCUT2D eigenvalue weighted by atomic mass is 10.1. The molecule has 0 saturated carbocycles. The summed E-state index contributed by atoms with van der Waals surface area (Å²) >= 11 is 1.49. The SMILES string of the molecule is CC(C)(CCO)OC(=O)N1CCN(CCCN2c3ccccc3Sc3ccc(C(F)(F)F)cc32)CC1.CC(C)C. The molecule has 1 amide bonds. The Morgan fingerprint density at radius 1 is 0.975 bits per heavy atom. The number of hydrogen-bond acceptors (Lipinski definition) is 6. The lowest BCUT2D eigenvalue weighted by Gasteiger charge is -2.37. The summed E-state index contributed by atoms with van der Waals surface area (Å²) in [5.74, 6) is 0.833. The van der Waals surface area contributed by atoms with Gasteiger partial charge in [0.25, 0.3) is 0 Å². The molecule has 1 fully saturated rings. The lowest BCUT2D eigenvalue weighted by molar-refractivity contribution is -0.137. The molecule has 2 aliphatic heterocycles. The molecule has 0 atom stereocenters. The van der Waals surface area contributed by atoms with Crippen molar-refractivity contribution in [1.82, 2.24) is 9.80 Å². The molecule has 2 aromatic rings. The number of carbonyl (C=O) groups is 1. The van der Waals surface area contributed by atoms with Gasteiger partial charge in [-0.3, -0.25) is 4.90 Å². The van der Waals surface area contributed by atoms with Gasteiger partial charge in [-0.25, -0.2) is 4.79 Å². The van der Waals surface area contributed by atoms with Crippen molar-refractivity contribution in [2.45, 2.75) is 69.0 Å². The fourth-order valence-electron chi connectivity index (χ4n) is 4.47. The number of nitrogens with zero attached hydrogens (tertiary/aromatic N) is 3. The Hall–Kier alpha value is -2.43. The molecule has 0 spiro atoms.